The number of hydrogen-bond acceptors (Lipinski definition) is 22. The minimum Gasteiger partial charge on any atom is -0.0625 e. The molecule has 8 amide bonds. The third-order valence-electron chi connectivity index (χ3n) is 17.3. The maximum absolute atomic E-state index is 14.2. The number of nitrogens with zero attached hydrogens (tertiary/aromatic N) is 6. The number of carboxylic acid groups (broad SMARTS) is 7. The van der Waals surface area contributed by atoms with Crippen LogP contribution in [0.4, 0.5) is 4.79 Å². The molecular formula is C65H109N14O25P3Si. The third-order valence-corrected chi connectivity index (χ3v) is 26.8. The maximum Gasteiger partial charge on any atom is -0.0405 e. The topological polar surface area (TPSA) is 595 Å². The molecule has 1 aliphatic rings. The number of urea groups is 1. The van der Waals surface area contributed by atoms with Gasteiger partial charge in [-0.15, -0.1) is 0 Å². The van der Waals surface area contributed by atoms with Crippen molar-refractivity contribution in [1.82, 2.24) is 72.2 Å². The second-order valence-electron chi connectivity index (χ2n) is 28.7. The van der Waals surface area contributed by atoms with Gasteiger partial charge in [0.15, 0.2) is 0 Å². The fourth-order valence-corrected chi connectivity index (χ4v) is 21.9. The molecule has 608 valence electrons. The SMILES string of the molecule is CC(C)(C)[SiH](c1ccc(C(=O)NC[C@@H](C(=O)N[C@@H](CCCCNC(=O)CCC(=O)NCCC[C@@H](NC(=O)CC[C@H](NC(=O)N[C@@H](CCC(=O)O)C(=O)O)C(=O)O)C(=O)O)C(=O)O)n2cc(CNC(=O)CC[PH](O)(O)CN3CCN(CPCCC(=O)O)CCN(CP(=O)(O)CCC(=O)O)CC3)nn2)cc1)C(C)(C)C. The zero-order valence-electron chi connectivity index (χ0n) is 61.8. The van der Waals surface area contributed by atoms with Crippen molar-refractivity contribution in [3.8, 4) is 0 Å². The van der Waals surface area contributed by atoms with Crippen LogP contribution in [0, 0.1) is 0 Å². The summed E-state index contributed by atoms with van der Waals surface area (Å²) in [6.07, 6.45) is -2.56. The van der Waals surface area contributed by atoms with Crippen molar-refractivity contribution in [3.63, 3.8) is 0 Å². The van der Waals surface area contributed by atoms with Gasteiger partial charge in [-0.3, -0.25) is 24.0 Å². The summed E-state index contributed by atoms with van der Waals surface area (Å²) in [7, 11) is -9.44. The number of carbonyl (C=O) groups is 14. The summed E-state index contributed by atoms with van der Waals surface area (Å²) in [5, 5.41) is 94.3. The van der Waals surface area contributed by atoms with Crippen LogP contribution >= 0.6 is 23.7 Å². The third kappa shape index (κ3) is 38.2. The normalized spacial score (nSPS) is 15.6. The molecule has 1 aromatic carbocycles. The Balaban J connectivity index is 1.61. The number of benzene rings is 1. The molecule has 7 atom stereocenters. The van der Waals surface area contributed by atoms with E-state index in [4.69, 9.17) is 15.3 Å². The molecule has 2 aromatic rings. The fourth-order valence-electron chi connectivity index (χ4n) is 12.1. The van der Waals surface area contributed by atoms with Gasteiger partial charge in [-0.2, -0.15) is 0 Å². The largest absolute Gasteiger partial charge is 0.0625 e. The molecule has 0 radical (unpaired) electrons. The number of carbonyl (C=O) groups excluding carboxylic acids is 7. The number of nitrogens with one attached hydrogen (secondary N) is 8. The van der Waals surface area contributed by atoms with Crippen LogP contribution in [0.25, 0.3) is 0 Å². The average Bonchev–Trinajstić information content (AvgIpc) is 0.946. The van der Waals surface area contributed by atoms with Crippen molar-refractivity contribution in [3.05, 3.63) is 41.7 Å². The summed E-state index contributed by atoms with van der Waals surface area (Å²) >= 11 is 0. The molecular weight excluding hydrogens is 1500 g/mol. The summed E-state index contributed by atoms with van der Waals surface area (Å²) in [5.41, 5.74) is 0.401. The first kappa shape index (κ1) is 94.0. The van der Waals surface area contributed by atoms with Gasteiger partial charge in [0.05, 0.1) is 8.80 Å². The molecule has 1 aliphatic heterocycles. The minimum atomic E-state index is -4.17. The van der Waals surface area contributed by atoms with Crippen LogP contribution in [-0.4, -0.2) is 293 Å². The van der Waals surface area contributed by atoms with E-state index in [2.05, 4.69) is 88.7 Å². The standard InChI is InChI=1S/C65H109N14O25P3Si/c1-64(2,3)108(65(4,5)6)44-14-12-42(13-15-44)57(90)69-37-49(79-38-43(74-75-79)36-68-52(82)23-34-106(101,102)40-77-29-27-76(39-105-33-22-55(86)87)28-30-78(32-31-77)41-107(103,104)35-24-56(88)89)58(91)71-46(60(94)95)10-7-8-25-66-50(80)19-20-51(81)67-26-9-11-45(59(92)93)70-53(83)18-16-47(61(96)97)72-63(100)73-48(62(98)99)17-21-54(84)85/h12-15,38,45-49,101-102,105-106,108H,7-11,16-37,39-41H2,1-6H3,(H,66,80)(H,67,81)(H,68,82)(H,69,90)(H,70,83)(H,71,91)(H,84,85)(H,86,87)(H,88,89)(H,92,93)(H,94,95)(H,96,97)(H,98,99)(H,103,104)(H2,72,73,100)/t45-,46+,47+,48+,49+/m1/s1. The number of amides is 8. The zero-order valence-corrected chi connectivity index (χ0v) is 65.8. The first-order valence-corrected chi connectivity index (χ1v) is 42.9. The van der Waals surface area contributed by atoms with Crippen LogP contribution in [-0.2, 0) is 68.6 Å². The molecule has 2 heterocycles. The van der Waals surface area contributed by atoms with Gasteiger partial charge >= 0.3 is 316 Å². The molecule has 18 N–H and O–H groups in total. The molecule has 1 saturated heterocycles. The maximum atomic E-state index is 14.2. The van der Waals surface area contributed by atoms with Crippen LogP contribution in [0.5, 0.6) is 0 Å². The van der Waals surface area contributed by atoms with Crippen molar-refractivity contribution >= 4 is 121 Å². The van der Waals surface area contributed by atoms with Crippen LogP contribution in [0.3, 0.4) is 0 Å². The summed E-state index contributed by atoms with van der Waals surface area (Å²) in [6, 6.07) is -1.83. The van der Waals surface area contributed by atoms with Crippen LogP contribution in [0.15, 0.2) is 30.5 Å². The first-order chi connectivity index (χ1) is 50.4. The molecule has 43 heteroatoms. The van der Waals surface area contributed by atoms with E-state index in [1.54, 1.807) is 21.9 Å². The fraction of sp³-hybridized carbons (Fsp3) is 0.662. The van der Waals surface area contributed by atoms with E-state index in [-0.39, 0.29) is 139 Å². The smallest absolute Gasteiger partial charge is 0.0405 e. The molecule has 0 aliphatic carbocycles. The van der Waals surface area contributed by atoms with Crippen molar-refractivity contribution in [2.75, 3.05) is 96.2 Å². The van der Waals surface area contributed by atoms with Crippen molar-refractivity contribution < 1.29 is 122 Å². The van der Waals surface area contributed by atoms with Gasteiger partial charge < -0.3 is 52.1 Å². The Bertz CT molecular complexity index is 3420. The van der Waals surface area contributed by atoms with E-state index >= 15 is 0 Å². The predicted molar refractivity (Wildman–Crippen MR) is 398 cm³/mol. The van der Waals surface area contributed by atoms with E-state index in [9.17, 15) is 107 Å². The molecule has 108 heavy (non-hydrogen) atoms. The van der Waals surface area contributed by atoms with Crippen molar-refractivity contribution in [2.45, 2.75) is 178 Å². The number of hydrogen-bond donors (Lipinski definition) is 18. The summed E-state index contributed by atoms with van der Waals surface area (Å²) in [6.45, 7) is 14.5. The number of aromatic nitrogens is 3. The Morgan fingerprint density at radius 3 is 1.58 bits per heavy atom. The van der Waals surface area contributed by atoms with E-state index < -0.39 is 182 Å². The second kappa shape index (κ2) is 46.3. The van der Waals surface area contributed by atoms with Gasteiger partial charge in [0.1, 0.15) is 18.1 Å². The minimum absolute atomic E-state index is 0.000372. The van der Waals surface area contributed by atoms with Crippen LogP contribution in [0.2, 0.25) is 10.1 Å². The second-order valence-corrected chi connectivity index (χ2v) is 40.2. The zero-order chi connectivity index (χ0) is 81.1. The first-order valence-electron chi connectivity index (χ1n) is 35.4. The Morgan fingerprint density at radius 2 is 1.05 bits per heavy atom. The number of aliphatic carboxylic acids is 7. The molecule has 0 saturated carbocycles. The van der Waals surface area contributed by atoms with Gasteiger partial charge in [0.2, 0.25) is 17.7 Å². The van der Waals surface area contributed by atoms with Gasteiger partial charge in [-0.25, -0.2) is 24.0 Å². The molecule has 3 rings (SSSR count). The Kier molecular flexibility index (Phi) is 40.3. The van der Waals surface area contributed by atoms with Gasteiger partial charge in [0.25, 0.3) is 0 Å². The Morgan fingerprint density at radius 1 is 0.556 bits per heavy atom. The summed E-state index contributed by atoms with van der Waals surface area (Å²) < 4.78 is 14.1. The molecule has 0 bridgehead atoms. The van der Waals surface area contributed by atoms with Crippen molar-refractivity contribution in [2.24, 2.45) is 0 Å². The average molecular weight is 1610 g/mol. The molecule has 1 aromatic heterocycles. The monoisotopic (exact) mass is 1610 g/mol. The van der Waals surface area contributed by atoms with E-state index in [1.165, 1.54) is 6.20 Å². The Hall–Kier alpha value is -8.19. The number of carboxylic acids is 7. The molecule has 1 fully saturated rings. The predicted octanol–water partition coefficient (Wildman–Crippen LogP) is -0.503. The molecule has 0 spiro atoms. The van der Waals surface area contributed by atoms with E-state index in [1.807, 2.05) is 22.8 Å². The van der Waals surface area contributed by atoms with Gasteiger partial charge in [-0.1, -0.05) is 58.9 Å². The molecule has 2 unspecified atom stereocenters. The van der Waals surface area contributed by atoms with Gasteiger partial charge in [-0.05, 0) is 67.2 Å². The van der Waals surface area contributed by atoms with Crippen molar-refractivity contribution in [1.29, 1.82) is 0 Å². The van der Waals surface area contributed by atoms with E-state index in [0.29, 0.717) is 38.6 Å². The summed E-state index contributed by atoms with van der Waals surface area (Å²) in [4.78, 5) is 211. The van der Waals surface area contributed by atoms with Crippen LogP contribution < -0.4 is 47.7 Å². The van der Waals surface area contributed by atoms with Gasteiger partial charge in [0, 0.05) is 44.3 Å². The van der Waals surface area contributed by atoms with Crippen LogP contribution in [0.1, 0.15) is 154 Å². The number of rotatable bonds is 49. The van der Waals surface area contributed by atoms with E-state index in [0.717, 1.165) is 9.87 Å². The Labute approximate surface area is 628 Å². The quantitative estimate of drug-likeness (QED) is 0.0225. The molecule has 39 nitrogen and oxygen atoms in total. The number of unbranched alkanes of at least 4 members (excludes halogenated alkanes) is 1. The summed E-state index contributed by atoms with van der Waals surface area (Å²) in [5.74, 6) is -13.6.